The Morgan fingerprint density at radius 2 is 1.66 bits per heavy atom. The molecule has 0 bridgehead atoms. The summed E-state index contributed by atoms with van der Waals surface area (Å²) in [5.41, 5.74) is 1.84. The summed E-state index contributed by atoms with van der Waals surface area (Å²) >= 11 is 0. The zero-order valence-electron chi connectivity index (χ0n) is 15.7. The van der Waals surface area contributed by atoms with Gasteiger partial charge in [0, 0.05) is 12.5 Å². The van der Waals surface area contributed by atoms with Crippen LogP contribution in [0.5, 0.6) is 0 Å². The van der Waals surface area contributed by atoms with E-state index in [1.807, 2.05) is 30.3 Å². The van der Waals surface area contributed by atoms with E-state index in [9.17, 15) is 14.4 Å². The van der Waals surface area contributed by atoms with Crippen LogP contribution in [0.25, 0.3) is 0 Å². The quantitative estimate of drug-likeness (QED) is 0.475. The van der Waals surface area contributed by atoms with Crippen LogP contribution < -0.4 is 0 Å². The molecule has 0 N–H and O–H groups in total. The second-order valence-corrected chi connectivity index (χ2v) is 6.77. The molecule has 7 heteroatoms. The van der Waals surface area contributed by atoms with E-state index in [-0.39, 0.29) is 24.2 Å². The van der Waals surface area contributed by atoms with Crippen molar-refractivity contribution in [2.24, 2.45) is 0 Å². The monoisotopic (exact) mass is 390 g/mol. The van der Waals surface area contributed by atoms with Crippen LogP contribution in [0, 0.1) is 6.92 Å². The van der Waals surface area contributed by atoms with Crippen LogP contribution in [0.2, 0.25) is 0 Å². The lowest BCUT2D eigenvalue weighted by molar-refractivity contribution is -0.149. The molecule has 2 aromatic carbocycles. The second kappa shape index (κ2) is 7.71. The first kappa shape index (κ1) is 18.6. The number of fused-ring (bicyclic) bond motifs is 1. The number of benzene rings is 2. The van der Waals surface area contributed by atoms with Crippen LogP contribution in [-0.4, -0.2) is 33.9 Å². The molecule has 4 rings (SSSR count). The van der Waals surface area contributed by atoms with Crippen LogP contribution in [0.4, 0.5) is 0 Å². The van der Waals surface area contributed by atoms with Gasteiger partial charge in [0.2, 0.25) is 0 Å². The highest BCUT2D eigenvalue weighted by Gasteiger charge is 2.43. The normalized spacial score (nSPS) is 14.0. The topological polar surface area (TPSA) is 89.7 Å². The molecular formula is C22H18N2O5. The molecule has 1 aliphatic heterocycles. The van der Waals surface area contributed by atoms with Crippen LogP contribution >= 0.6 is 0 Å². The van der Waals surface area contributed by atoms with Crippen LogP contribution in [-0.2, 0) is 22.6 Å². The average molecular weight is 390 g/mol. The summed E-state index contributed by atoms with van der Waals surface area (Å²) in [5.74, 6) is -1.08. The molecule has 0 aliphatic carbocycles. The van der Waals surface area contributed by atoms with E-state index in [2.05, 4.69) is 5.16 Å². The Hall–Kier alpha value is -3.74. The lowest BCUT2D eigenvalue weighted by Gasteiger charge is -2.24. The number of imide groups is 1. The number of nitrogens with zero attached hydrogens (tertiary/aromatic N) is 2. The van der Waals surface area contributed by atoms with Crippen molar-refractivity contribution in [3.05, 3.63) is 88.8 Å². The van der Waals surface area contributed by atoms with Gasteiger partial charge in [-0.15, -0.1) is 0 Å². The van der Waals surface area contributed by atoms with E-state index in [0.717, 1.165) is 10.5 Å². The summed E-state index contributed by atoms with van der Waals surface area (Å²) in [4.78, 5) is 39.7. The molecule has 1 aliphatic rings. The summed E-state index contributed by atoms with van der Waals surface area (Å²) < 4.78 is 10.3. The van der Waals surface area contributed by atoms with Gasteiger partial charge in [0.25, 0.3) is 11.8 Å². The maximum atomic E-state index is 12.9. The van der Waals surface area contributed by atoms with E-state index < -0.39 is 23.8 Å². The number of hydrogen-bond acceptors (Lipinski definition) is 6. The first-order chi connectivity index (χ1) is 14.0. The number of ether oxygens (including phenoxy) is 1. The van der Waals surface area contributed by atoms with E-state index in [0.29, 0.717) is 11.5 Å². The highest BCUT2D eigenvalue weighted by molar-refractivity contribution is 6.22. The van der Waals surface area contributed by atoms with Crippen molar-refractivity contribution in [2.75, 3.05) is 0 Å². The number of aromatic nitrogens is 1. The fourth-order valence-electron chi connectivity index (χ4n) is 3.34. The number of esters is 1. The molecule has 0 saturated carbocycles. The van der Waals surface area contributed by atoms with Crippen molar-refractivity contribution in [3.63, 3.8) is 0 Å². The molecule has 1 aromatic heterocycles. The van der Waals surface area contributed by atoms with Crippen molar-refractivity contribution >= 4 is 17.8 Å². The molecule has 0 spiro atoms. The molecule has 1 atom stereocenters. The van der Waals surface area contributed by atoms with Gasteiger partial charge in [-0.25, -0.2) is 4.79 Å². The van der Waals surface area contributed by atoms with E-state index in [1.54, 1.807) is 37.3 Å². The zero-order valence-corrected chi connectivity index (χ0v) is 15.7. The molecular weight excluding hydrogens is 372 g/mol. The smallest absolute Gasteiger partial charge is 0.330 e. The molecule has 0 unspecified atom stereocenters. The number of hydrogen-bond donors (Lipinski definition) is 0. The van der Waals surface area contributed by atoms with Gasteiger partial charge in [-0.05, 0) is 24.6 Å². The van der Waals surface area contributed by atoms with Gasteiger partial charge >= 0.3 is 5.97 Å². The average Bonchev–Trinajstić information content (AvgIpc) is 3.27. The molecule has 146 valence electrons. The molecule has 0 fully saturated rings. The predicted molar refractivity (Wildman–Crippen MR) is 102 cm³/mol. The van der Waals surface area contributed by atoms with Crippen molar-refractivity contribution in [3.8, 4) is 0 Å². The number of carbonyl (C=O) groups excluding carboxylic acids is 3. The minimum Gasteiger partial charge on any atom is -0.457 e. The highest BCUT2D eigenvalue weighted by Crippen LogP contribution is 2.26. The Kier molecular flexibility index (Phi) is 4.95. The molecule has 0 radical (unpaired) electrons. The predicted octanol–water partition coefficient (Wildman–Crippen LogP) is 2.93. The van der Waals surface area contributed by atoms with Gasteiger partial charge < -0.3 is 9.26 Å². The molecule has 2 heterocycles. The first-order valence-corrected chi connectivity index (χ1v) is 9.14. The van der Waals surface area contributed by atoms with Gasteiger partial charge in [0.1, 0.15) is 24.1 Å². The van der Waals surface area contributed by atoms with Crippen LogP contribution in [0.1, 0.15) is 37.7 Å². The third-order valence-electron chi connectivity index (χ3n) is 4.72. The summed E-state index contributed by atoms with van der Waals surface area (Å²) in [6.45, 7) is 1.62. The Bertz CT molecular complexity index is 1040. The van der Waals surface area contributed by atoms with Crippen LogP contribution in [0.15, 0.2) is 65.2 Å². The minimum absolute atomic E-state index is 0.107. The minimum atomic E-state index is -1.09. The largest absolute Gasteiger partial charge is 0.457 e. The molecule has 29 heavy (non-hydrogen) atoms. The number of aryl methyl sites for hydroxylation is 1. The SMILES string of the molecule is Cc1cc(COC(=O)[C@H](Cc2ccccc2)N2C(=O)c3ccccc3C2=O)no1. The van der Waals surface area contributed by atoms with Crippen molar-refractivity contribution < 1.29 is 23.6 Å². The summed E-state index contributed by atoms with van der Waals surface area (Å²) in [7, 11) is 0. The summed E-state index contributed by atoms with van der Waals surface area (Å²) in [6.07, 6.45) is 0.156. The third kappa shape index (κ3) is 3.67. The zero-order chi connectivity index (χ0) is 20.4. The van der Waals surface area contributed by atoms with Gasteiger partial charge in [-0.1, -0.05) is 47.6 Å². The Balaban J connectivity index is 1.61. The third-order valence-corrected chi connectivity index (χ3v) is 4.72. The van der Waals surface area contributed by atoms with Gasteiger partial charge in [0.05, 0.1) is 11.1 Å². The lowest BCUT2D eigenvalue weighted by atomic mass is 10.0. The number of carbonyl (C=O) groups is 3. The maximum Gasteiger partial charge on any atom is 0.330 e. The number of rotatable bonds is 6. The van der Waals surface area contributed by atoms with Crippen molar-refractivity contribution in [1.29, 1.82) is 0 Å². The second-order valence-electron chi connectivity index (χ2n) is 6.77. The van der Waals surface area contributed by atoms with Gasteiger partial charge in [-0.2, -0.15) is 0 Å². The van der Waals surface area contributed by atoms with E-state index in [4.69, 9.17) is 9.26 Å². The molecule has 3 aromatic rings. The van der Waals surface area contributed by atoms with Gasteiger partial charge in [-0.3, -0.25) is 14.5 Å². The molecule has 7 nitrogen and oxygen atoms in total. The van der Waals surface area contributed by atoms with Crippen molar-refractivity contribution in [1.82, 2.24) is 10.1 Å². The standard InChI is InChI=1S/C22H18N2O5/c1-14-11-16(23-29-14)13-28-22(27)19(12-15-7-3-2-4-8-15)24-20(25)17-9-5-6-10-18(17)21(24)26/h2-11,19H,12-13H2,1H3/t19-/m0/s1. The molecule has 0 saturated heterocycles. The Labute approximate surface area is 166 Å². The van der Waals surface area contributed by atoms with Gasteiger partial charge in [0.15, 0.2) is 0 Å². The Morgan fingerprint density at radius 3 is 2.24 bits per heavy atom. The van der Waals surface area contributed by atoms with Crippen molar-refractivity contribution in [2.45, 2.75) is 26.0 Å². The lowest BCUT2D eigenvalue weighted by Crippen LogP contribution is -2.47. The van der Waals surface area contributed by atoms with Crippen LogP contribution in [0.3, 0.4) is 0 Å². The van der Waals surface area contributed by atoms with E-state index >= 15 is 0 Å². The fraction of sp³-hybridized carbons (Fsp3) is 0.182. The first-order valence-electron chi connectivity index (χ1n) is 9.14. The maximum absolute atomic E-state index is 12.9. The summed E-state index contributed by atoms with van der Waals surface area (Å²) in [5, 5.41) is 3.79. The Morgan fingerprint density at radius 1 is 1.03 bits per heavy atom. The van der Waals surface area contributed by atoms with E-state index in [1.165, 1.54) is 0 Å². The highest BCUT2D eigenvalue weighted by atomic mass is 16.5. The number of amides is 2. The summed E-state index contributed by atoms with van der Waals surface area (Å²) in [6, 6.07) is 16.3. The molecule has 2 amide bonds. The fourth-order valence-corrected chi connectivity index (χ4v) is 3.34.